The van der Waals surface area contributed by atoms with E-state index in [-0.39, 0.29) is 30.5 Å². The molecule has 2 N–H and O–H groups in total. The van der Waals surface area contributed by atoms with E-state index in [1.54, 1.807) is 14.0 Å². The molecule has 0 spiro atoms. The molecule has 0 fully saturated rings. The van der Waals surface area contributed by atoms with Crippen molar-refractivity contribution in [3.63, 3.8) is 0 Å². The van der Waals surface area contributed by atoms with Crippen LogP contribution in [0.5, 0.6) is 0 Å². The van der Waals surface area contributed by atoms with Gasteiger partial charge in [0, 0.05) is 23.4 Å². The third-order valence-corrected chi connectivity index (χ3v) is 6.45. The molecule has 1 aliphatic heterocycles. The van der Waals surface area contributed by atoms with Crippen LogP contribution in [0.25, 0.3) is 10.2 Å². The van der Waals surface area contributed by atoms with Crippen LogP contribution in [0.4, 0.5) is 4.79 Å². The van der Waals surface area contributed by atoms with E-state index in [1.807, 2.05) is 13.8 Å². The van der Waals surface area contributed by atoms with Gasteiger partial charge in [-0.1, -0.05) is 11.8 Å². The number of fused-ring (bicyclic) bond motifs is 1. The van der Waals surface area contributed by atoms with E-state index in [0.717, 1.165) is 10.4 Å². The number of thiophene rings is 1. The molecule has 0 saturated heterocycles. The summed E-state index contributed by atoms with van der Waals surface area (Å²) in [6.45, 7) is 5.97. The molecule has 0 aliphatic carbocycles. The van der Waals surface area contributed by atoms with Crippen molar-refractivity contribution in [3.8, 4) is 0 Å². The Morgan fingerprint density at radius 2 is 2.11 bits per heavy atom. The molecule has 3 heterocycles. The number of esters is 1. The van der Waals surface area contributed by atoms with Crippen LogP contribution >= 0.6 is 23.1 Å². The van der Waals surface area contributed by atoms with Crippen molar-refractivity contribution in [2.75, 3.05) is 18.9 Å². The number of thioether (sulfide) groups is 1. The van der Waals surface area contributed by atoms with Gasteiger partial charge in [-0.05, 0) is 26.3 Å². The number of aryl methyl sites for hydroxylation is 2. The lowest BCUT2D eigenvalue weighted by Crippen LogP contribution is -2.44. The Kier molecular flexibility index (Phi) is 5.56. The van der Waals surface area contributed by atoms with Gasteiger partial charge in [-0.2, -0.15) is 0 Å². The molecule has 10 heteroatoms. The van der Waals surface area contributed by atoms with Crippen LogP contribution in [0.1, 0.15) is 17.4 Å². The topological polar surface area (TPSA) is 102 Å². The first kappa shape index (κ1) is 19.4. The summed E-state index contributed by atoms with van der Waals surface area (Å²) in [5.41, 5.74) is 1.70. The van der Waals surface area contributed by atoms with Crippen LogP contribution in [-0.2, 0) is 16.6 Å². The Balaban J connectivity index is 1.93. The highest BCUT2D eigenvalue weighted by Gasteiger charge is 2.24. The first-order valence-electron chi connectivity index (χ1n) is 8.37. The van der Waals surface area contributed by atoms with E-state index in [4.69, 9.17) is 4.74 Å². The van der Waals surface area contributed by atoms with Crippen LogP contribution in [0, 0.1) is 13.8 Å². The van der Waals surface area contributed by atoms with Gasteiger partial charge in [-0.3, -0.25) is 9.36 Å². The second kappa shape index (κ2) is 7.73. The van der Waals surface area contributed by atoms with E-state index in [1.165, 1.54) is 27.7 Å². The maximum Gasteiger partial charge on any atom is 0.337 e. The lowest BCUT2D eigenvalue weighted by atomic mass is 10.2. The maximum atomic E-state index is 12.7. The van der Waals surface area contributed by atoms with Crippen molar-refractivity contribution in [1.82, 2.24) is 20.2 Å². The summed E-state index contributed by atoms with van der Waals surface area (Å²) < 4.78 is 6.55. The number of urea groups is 1. The predicted octanol–water partition coefficient (Wildman–Crippen LogP) is 1.83. The highest BCUT2D eigenvalue weighted by Crippen LogP contribution is 2.28. The number of hydrogen-bond acceptors (Lipinski definition) is 7. The summed E-state index contributed by atoms with van der Waals surface area (Å²) >= 11 is 2.78. The number of nitrogens with one attached hydrogen (secondary N) is 2. The third kappa shape index (κ3) is 3.72. The lowest BCUT2D eigenvalue weighted by molar-refractivity contribution is -0.138. The number of amides is 2. The molecule has 2 amide bonds. The SMILES string of the molecule is CCOC(=O)C1=C(CSc2nc3sc(C)c(C)c3c(=O)n2C)NC(=O)NC1. The van der Waals surface area contributed by atoms with E-state index >= 15 is 0 Å². The van der Waals surface area contributed by atoms with Crippen LogP contribution in [0.2, 0.25) is 0 Å². The normalized spacial score (nSPS) is 14.3. The molecule has 1 aliphatic rings. The summed E-state index contributed by atoms with van der Waals surface area (Å²) in [5.74, 6) is -0.182. The zero-order valence-electron chi connectivity index (χ0n) is 15.5. The van der Waals surface area contributed by atoms with Gasteiger partial charge >= 0.3 is 12.0 Å². The second-order valence-electron chi connectivity index (χ2n) is 6.00. The Hall–Kier alpha value is -2.33. The molecule has 8 nitrogen and oxygen atoms in total. The fraction of sp³-hybridized carbons (Fsp3) is 0.412. The summed E-state index contributed by atoms with van der Waals surface area (Å²) in [7, 11) is 1.67. The number of nitrogens with zero attached hydrogens (tertiary/aromatic N) is 2. The van der Waals surface area contributed by atoms with E-state index < -0.39 is 5.97 Å². The van der Waals surface area contributed by atoms with Gasteiger partial charge in [-0.25, -0.2) is 14.6 Å². The van der Waals surface area contributed by atoms with E-state index in [9.17, 15) is 14.4 Å². The van der Waals surface area contributed by atoms with Crippen molar-refractivity contribution < 1.29 is 14.3 Å². The van der Waals surface area contributed by atoms with Gasteiger partial charge in [0.1, 0.15) is 4.83 Å². The van der Waals surface area contributed by atoms with Gasteiger partial charge in [0.05, 0.1) is 24.1 Å². The molecule has 0 saturated carbocycles. The fourth-order valence-corrected chi connectivity index (χ4v) is 4.72. The fourth-order valence-electron chi connectivity index (χ4n) is 2.69. The largest absolute Gasteiger partial charge is 0.463 e. The second-order valence-corrected chi connectivity index (χ2v) is 8.14. The molecule has 144 valence electrons. The van der Waals surface area contributed by atoms with Crippen LogP contribution in [-0.4, -0.2) is 40.5 Å². The van der Waals surface area contributed by atoms with Crippen LogP contribution < -0.4 is 16.2 Å². The molecule has 0 radical (unpaired) electrons. The summed E-state index contributed by atoms with van der Waals surface area (Å²) in [6, 6.07) is -0.375. The van der Waals surface area contributed by atoms with Gasteiger partial charge in [0.15, 0.2) is 5.16 Å². The number of aromatic nitrogens is 2. The minimum absolute atomic E-state index is 0.0988. The highest BCUT2D eigenvalue weighted by molar-refractivity contribution is 7.99. The summed E-state index contributed by atoms with van der Waals surface area (Å²) in [5, 5.41) is 6.39. The molecule has 2 aromatic rings. The monoisotopic (exact) mass is 408 g/mol. The Labute approximate surface area is 164 Å². The average Bonchev–Trinajstić information content (AvgIpc) is 2.91. The predicted molar refractivity (Wildman–Crippen MR) is 105 cm³/mol. The van der Waals surface area contributed by atoms with E-state index in [2.05, 4.69) is 15.6 Å². The van der Waals surface area contributed by atoms with Gasteiger partial charge in [0.2, 0.25) is 0 Å². The van der Waals surface area contributed by atoms with Crippen LogP contribution in [0.15, 0.2) is 21.2 Å². The number of carbonyl (C=O) groups excluding carboxylic acids is 2. The van der Waals surface area contributed by atoms with Crippen molar-refractivity contribution in [1.29, 1.82) is 0 Å². The minimum Gasteiger partial charge on any atom is -0.463 e. The average molecular weight is 409 g/mol. The molecule has 2 aromatic heterocycles. The van der Waals surface area contributed by atoms with Crippen molar-refractivity contribution in [2.24, 2.45) is 7.05 Å². The smallest absolute Gasteiger partial charge is 0.337 e. The Morgan fingerprint density at radius 1 is 1.37 bits per heavy atom. The lowest BCUT2D eigenvalue weighted by Gasteiger charge is -2.21. The molecular weight excluding hydrogens is 388 g/mol. The quantitative estimate of drug-likeness (QED) is 0.445. The number of carbonyl (C=O) groups is 2. The first-order valence-corrected chi connectivity index (χ1v) is 10.2. The molecule has 27 heavy (non-hydrogen) atoms. The van der Waals surface area contributed by atoms with Gasteiger partial charge < -0.3 is 15.4 Å². The van der Waals surface area contributed by atoms with Crippen molar-refractivity contribution in [2.45, 2.75) is 25.9 Å². The molecule has 0 bridgehead atoms. The minimum atomic E-state index is -0.470. The Morgan fingerprint density at radius 3 is 2.81 bits per heavy atom. The first-order chi connectivity index (χ1) is 12.8. The molecule has 0 atom stereocenters. The molecule has 3 rings (SSSR count). The molecule has 0 aromatic carbocycles. The third-order valence-electron chi connectivity index (χ3n) is 4.29. The number of rotatable bonds is 5. The standard InChI is InChI=1S/C17H20N4O4S2/c1-5-25-15(23)10-6-18-16(24)19-11(10)7-26-17-20-13-12(14(22)21(17)4)8(2)9(3)27-13/h5-7H2,1-4H3,(H2,18,19,24). The number of ether oxygens (including phenoxy) is 1. The van der Waals surface area contributed by atoms with Crippen LogP contribution in [0.3, 0.4) is 0 Å². The maximum absolute atomic E-state index is 12.7. The summed E-state index contributed by atoms with van der Waals surface area (Å²) in [6.07, 6.45) is 0. The zero-order chi connectivity index (χ0) is 19.7. The Bertz CT molecular complexity index is 1020. The molecule has 0 unspecified atom stereocenters. The van der Waals surface area contributed by atoms with Crippen molar-refractivity contribution >= 4 is 45.3 Å². The zero-order valence-corrected chi connectivity index (χ0v) is 17.1. The van der Waals surface area contributed by atoms with E-state index in [0.29, 0.717) is 26.6 Å². The van der Waals surface area contributed by atoms with Crippen molar-refractivity contribution in [3.05, 3.63) is 32.1 Å². The highest BCUT2D eigenvalue weighted by atomic mass is 32.2. The van der Waals surface area contributed by atoms with Gasteiger partial charge in [0.25, 0.3) is 5.56 Å². The number of hydrogen-bond donors (Lipinski definition) is 2. The molecular formula is C17H20N4O4S2. The van der Waals surface area contributed by atoms with Gasteiger partial charge in [-0.15, -0.1) is 11.3 Å². The summed E-state index contributed by atoms with van der Waals surface area (Å²) in [4.78, 5) is 42.8.